The minimum Gasteiger partial charge on any atom is -0.296 e. The van der Waals surface area contributed by atoms with Crippen LogP contribution in [-0.4, -0.2) is 54.6 Å². The molecule has 3 rings (SSSR count). The van der Waals surface area contributed by atoms with Crippen molar-refractivity contribution in [2.24, 2.45) is 5.10 Å². The van der Waals surface area contributed by atoms with Crippen LogP contribution in [0.5, 0.6) is 0 Å². The molecule has 1 fully saturated rings. The summed E-state index contributed by atoms with van der Waals surface area (Å²) in [6.07, 6.45) is 1.46. The molecule has 0 saturated carbocycles. The summed E-state index contributed by atoms with van der Waals surface area (Å²) >= 11 is 18.4. The van der Waals surface area contributed by atoms with E-state index >= 15 is 0 Å². The van der Waals surface area contributed by atoms with E-state index < -0.39 is 0 Å². The zero-order chi connectivity index (χ0) is 19.9. The lowest BCUT2D eigenvalue weighted by Crippen LogP contribution is -2.48. The van der Waals surface area contributed by atoms with Gasteiger partial charge in [-0.25, -0.2) is 5.43 Å². The van der Waals surface area contributed by atoms with Crippen molar-refractivity contribution in [3.63, 3.8) is 0 Å². The van der Waals surface area contributed by atoms with Gasteiger partial charge in [0, 0.05) is 43.3 Å². The molecule has 1 heterocycles. The standard InChI is InChI=1S/C20H21Cl3N4O/c21-17-5-2-1-4-15(17)13-26-8-10-27(11-9-26)14-20(28)25-24-12-16-18(22)6-3-7-19(16)23/h1-7,12H,8-11,13-14H2,(H,25,28). The minimum absolute atomic E-state index is 0.168. The van der Waals surface area contributed by atoms with Gasteiger partial charge in [-0.15, -0.1) is 0 Å². The average molecular weight is 440 g/mol. The summed E-state index contributed by atoms with van der Waals surface area (Å²) in [5, 5.41) is 5.73. The highest BCUT2D eigenvalue weighted by atomic mass is 35.5. The molecule has 0 aromatic heterocycles. The smallest absolute Gasteiger partial charge is 0.254 e. The Bertz CT molecular complexity index is 831. The fourth-order valence-corrected chi connectivity index (χ4v) is 3.70. The molecule has 0 aliphatic carbocycles. The van der Waals surface area contributed by atoms with Crippen molar-refractivity contribution < 1.29 is 4.79 Å². The van der Waals surface area contributed by atoms with Crippen LogP contribution in [0.1, 0.15) is 11.1 Å². The van der Waals surface area contributed by atoms with Gasteiger partial charge in [0.15, 0.2) is 0 Å². The molecule has 148 valence electrons. The Morgan fingerprint density at radius 3 is 2.21 bits per heavy atom. The molecule has 1 aliphatic heterocycles. The molecular weight excluding hydrogens is 419 g/mol. The van der Waals surface area contributed by atoms with Gasteiger partial charge in [0.2, 0.25) is 0 Å². The lowest BCUT2D eigenvalue weighted by Gasteiger charge is -2.34. The maximum absolute atomic E-state index is 12.1. The second-order valence-electron chi connectivity index (χ2n) is 6.57. The Hall–Kier alpha value is -1.63. The molecule has 2 aromatic carbocycles. The van der Waals surface area contributed by atoms with E-state index in [-0.39, 0.29) is 5.91 Å². The molecule has 1 amide bonds. The molecule has 0 radical (unpaired) electrons. The van der Waals surface area contributed by atoms with Crippen LogP contribution in [-0.2, 0) is 11.3 Å². The van der Waals surface area contributed by atoms with Gasteiger partial charge < -0.3 is 0 Å². The minimum atomic E-state index is -0.168. The van der Waals surface area contributed by atoms with Crippen LogP contribution >= 0.6 is 34.8 Å². The van der Waals surface area contributed by atoms with Crippen LogP contribution in [0.2, 0.25) is 15.1 Å². The van der Waals surface area contributed by atoms with Gasteiger partial charge in [0.25, 0.3) is 5.91 Å². The van der Waals surface area contributed by atoms with Gasteiger partial charge in [-0.05, 0) is 23.8 Å². The van der Waals surface area contributed by atoms with Gasteiger partial charge in [0.05, 0.1) is 22.8 Å². The maximum Gasteiger partial charge on any atom is 0.254 e. The molecule has 8 heteroatoms. The number of piperazine rings is 1. The first kappa shape index (κ1) is 21.1. The predicted octanol–water partition coefficient (Wildman–Crippen LogP) is 3.91. The van der Waals surface area contributed by atoms with E-state index in [1.165, 1.54) is 6.21 Å². The summed E-state index contributed by atoms with van der Waals surface area (Å²) in [5.74, 6) is -0.168. The molecule has 0 unspecified atom stereocenters. The summed E-state index contributed by atoms with van der Waals surface area (Å²) in [5.41, 5.74) is 4.24. The number of carbonyl (C=O) groups is 1. The highest BCUT2D eigenvalue weighted by Gasteiger charge is 2.19. The fourth-order valence-electron chi connectivity index (χ4n) is 3.01. The van der Waals surface area contributed by atoms with E-state index in [9.17, 15) is 4.79 Å². The fraction of sp³-hybridized carbons (Fsp3) is 0.300. The summed E-state index contributed by atoms with van der Waals surface area (Å²) in [6.45, 7) is 4.53. The molecule has 5 nitrogen and oxygen atoms in total. The summed E-state index contributed by atoms with van der Waals surface area (Å²) in [7, 11) is 0. The van der Waals surface area contributed by atoms with Crippen LogP contribution in [0.15, 0.2) is 47.6 Å². The third-order valence-electron chi connectivity index (χ3n) is 4.57. The number of nitrogens with one attached hydrogen (secondary N) is 1. The molecule has 28 heavy (non-hydrogen) atoms. The van der Waals surface area contributed by atoms with Crippen LogP contribution < -0.4 is 5.43 Å². The van der Waals surface area contributed by atoms with Gasteiger partial charge >= 0.3 is 0 Å². The van der Waals surface area contributed by atoms with Crippen molar-refractivity contribution >= 4 is 46.9 Å². The van der Waals surface area contributed by atoms with Gasteiger partial charge in [-0.3, -0.25) is 14.6 Å². The van der Waals surface area contributed by atoms with Crippen LogP contribution in [0.25, 0.3) is 0 Å². The number of carbonyl (C=O) groups excluding carboxylic acids is 1. The van der Waals surface area contributed by atoms with Gasteiger partial charge in [-0.1, -0.05) is 59.1 Å². The third kappa shape index (κ3) is 5.93. The van der Waals surface area contributed by atoms with Gasteiger partial charge in [-0.2, -0.15) is 5.10 Å². The van der Waals surface area contributed by atoms with Crippen molar-refractivity contribution in [3.05, 3.63) is 68.7 Å². The Kier molecular flexibility index (Phi) is 7.71. The first-order valence-electron chi connectivity index (χ1n) is 8.97. The number of hydrogen-bond donors (Lipinski definition) is 1. The Morgan fingerprint density at radius 2 is 1.54 bits per heavy atom. The Balaban J connectivity index is 1.42. The molecule has 0 spiro atoms. The molecule has 1 saturated heterocycles. The summed E-state index contributed by atoms with van der Waals surface area (Å²) in [4.78, 5) is 16.6. The highest BCUT2D eigenvalue weighted by Crippen LogP contribution is 2.22. The Labute approximate surface area is 179 Å². The van der Waals surface area contributed by atoms with Crippen molar-refractivity contribution in [3.8, 4) is 0 Å². The number of hydrogen-bond acceptors (Lipinski definition) is 4. The number of nitrogens with zero attached hydrogens (tertiary/aromatic N) is 3. The number of rotatable bonds is 6. The predicted molar refractivity (Wildman–Crippen MR) is 115 cm³/mol. The Morgan fingerprint density at radius 1 is 0.929 bits per heavy atom. The van der Waals surface area contributed by atoms with E-state index in [1.54, 1.807) is 18.2 Å². The van der Waals surface area contributed by atoms with E-state index in [0.29, 0.717) is 22.2 Å². The second-order valence-corrected chi connectivity index (χ2v) is 7.79. The van der Waals surface area contributed by atoms with Crippen LogP contribution in [0.3, 0.4) is 0 Å². The van der Waals surface area contributed by atoms with Crippen molar-refractivity contribution in [2.45, 2.75) is 6.54 Å². The molecule has 1 N–H and O–H groups in total. The zero-order valence-corrected chi connectivity index (χ0v) is 17.5. The lowest BCUT2D eigenvalue weighted by molar-refractivity contribution is -0.122. The maximum atomic E-state index is 12.1. The third-order valence-corrected chi connectivity index (χ3v) is 5.59. The van der Waals surface area contributed by atoms with E-state index in [1.807, 2.05) is 24.3 Å². The van der Waals surface area contributed by atoms with Gasteiger partial charge in [0.1, 0.15) is 0 Å². The van der Waals surface area contributed by atoms with E-state index in [0.717, 1.165) is 43.3 Å². The lowest BCUT2D eigenvalue weighted by atomic mass is 10.2. The quantitative estimate of drug-likeness (QED) is 0.548. The van der Waals surface area contributed by atoms with Crippen LogP contribution in [0, 0.1) is 0 Å². The first-order chi connectivity index (χ1) is 13.5. The molecule has 1 aliphatic rings. The van der Waals surface area contributed by atoms with Crippen molar-refractivity contribution in [1.29, 1.82) is 0 Å². The highest BCUT2D eigenvalue weighted by molar-refractivity contribution is 6.38. The molecule has 0 atom stereocenters. The van der Waals surface area contributed by atoms with Crippen LogP contribution in [0.4, 0.5) is 0 Å². The van der Waals surface area contributed by atoms with E-state index in [2.05, 4.69) is 20.3 Å². The summed E-state index contributed by atoms with van der Waals surface area (Å²) < 4.78 is 0. The molecule has 2 aromatic rings. The SMILES string of the molecule is O=C(CN1CCN(Cc2ccccc2Cl)CC1)NN=Cc1c(Cl)cccc1Cl. The normalized spacial score (nSPS) is 15.8. The second kappa shape index (κ2) is 10.2. The topological polar surface area (TPSA) is 47.9 Å². The summed E-state index contributed by atoms with van der Waals surface area (Å²) in [6, 6.07) is 13.1. The van der Waals surface area contributed by atoms with Crippen molar-refractivity contribution in [2.75, 3.05) is 32.7 Å². The number of amides is 1. The molecule has 0 bridgehead atoms. The average Bonchev–Trinajstić information content (AvgIpc) is 2.67. The number of benzene rings is 2. The largest absolute Gasteiger partial charge is 0.296 e. The van der Waals surface area contributed by atoms with Crippen molar-refractivity contribution in [1.82, 2.24) is 15.2 Å². The monoisotopic (exact) mass is 438 g/mol. The number of halogens is 3. The first-order valence-corrected chi connectivity index (χ1v) is 10.1. The zero-order valence-electron chi connectivity index (χ0n) is 15.2. The van der Waals surface area contributed by atoms with E-state index in [4.69, 9.17) is 34.8 Å². The molecular formula is C20H21Cl3N4O. The number of hydrazone groups is 1.